The summed E-state index contributed by atoms with van der Waals surface area (Å²) in [6.45, 7) is 0. The van der Waals surface area contributed by atoms with Crippen LogP contribution >= 0.6 is 31.9 Å². The van der Waals surface area contributed by atoms with Crippen molar-refractivity contribution in [2.75, 3.05) is 0 Å². The molecule has 0 aliphatic carbocycles. The third-order valence-electron chi connectivity index (χ3n) is 2.87. The normalized spacial score (nSPS) is 11.0. The maximum Gasteiger partial charge on any atom is 0.269 e. The summed E-state index contributed by atoms with van der Waals surface area (Å²) in [5.41, 5.74) is 1.23. The number of hydrogen-bond donors (Lipinski definition) is 1. The van der Waals surface area contributed by atoms with E-state index in [2.05, 4.69) is 31.9 Å². The molecule has 0 saturated carbocycles. The summed E-state index contributed by atoms with van der Waals surface area (Å²) in [5, 5.41) is 30.0. The fourth-order valence-electron chi connectivity index (χ4n) is 1.79. The number of halogens is 2. The summed E-state index contributed by atoms with van der Waals surface area (Å²) in [6.07, 6.45) is 1.52. The van der Waals surface area contributed by atoms with Crippen molar-refractivity contribution in [3.05, 3.63) is 66.6 Å². The van der Waals surface area contributed by atoms with Crippen molar-refractivity contribution in [2.45, 2.75) is 0 Å². The Kier molecular flexibility index (Phi) is 4.96. The van der Waals surface area contributed by atoms with Crippen LogP contribution in [0.25, 0.3) is 11.6 Å². The van der Waals surface area contributed by atoms with E-state index in [0.29, 0.717) is 15.6 Å². The Morgan fingerprint density at radius 1 is 1.27 bits per heavy atom. The SMILES string of the molecule is N#C/C(=C/c1cc(Br)cc(Br)c1O)c1ccc([N+](=O)[O-])cc1. The van der Waals surface area contributed by atoms with Crippen LogP contribution in [0.1, 0.15) is 11.1 Å². The van der Waals surface area contributed by atoms with Gasteiger partial charge in [-0.2, -0.15) is 5.26 Å². The fourth-order valence-corrected chi connectivity index (χ4v) is 3.05. The van der Waals surface area contributed by atoms with Crippen molar-refractivity contribution >= 4 is 49.2 Å². The minimum atomic E-state index is -0.503. The molecule has 2 rings (SSSR count). The van der Waals surface area contributed by atoms with Gasteiger partial charge in [-0.15, -0.1) is 0 Å². The molecule has 0 radical (unpaired) electrons. The van der Waals surface area contributed by atoms with Crippen molar-refractivity contribution in [2.24, 2.45) is 0 Å². The van der Waals surface area contributed by atoms with Crippen LogP contribution in [-0.2, 0) is 0 Å². The second-order valence-electron chi connectivity index (χ2n) is 4.30. The molecule has 0 atom stereocenters. The second kappa shape index (κ2) is 6.73. The molecule has 0 amide bonds. The van der Waals surface area contributed by atoms with Crippen molar-refractivity contribution < 1.29 is 10.0 Å². The van der Waals surface area contributed by atoms with Crippen LogP contribution in [0, 0.1) is 21.4 Å². The first-order chi connectivity index (χ1) is 10.4. The van der Waals surface area contributed by atoms with E-state index in [-0.39, 0.29) is 17.0 Å². The van der Waals surface area contributed by atoms with Crippen molar-refractivity contribution in [1.82, 2.24) is 0 Å². The molecular formula is C15H8Br2N2O3. The van der Waals surface area contributed by atoms with Gasteiger partial charge in [-0.05, 0) is 51.8 Å². The molecule has 0 bridgehead atoms. The summed E-state index contributed by atoms with van der Waals surface area (Å²) in [4.78, 5) is 10.1. The number of nitrogens with zero attached hydrogens (tertiary/aromatic N) is 2. The topological polar surface area (TPSA) is 87.2 Å². The third kappa shape index (κ3) is 3.53. The summed E-state index contributed by atoms with van der Waals surface area (Å²) < 4.78 is 1.23. The Hall–Kier alpha value is -2.17. The lowest BCUT2D eigenvalue weighted by Crippen LogP contribution is -1.89. The quantitative estimate of drug-likeness (QED) is 0.329. The van der Waals surface area contributed by atoms with Crippen LogP contribution in [0.3, 0.4) is 0 Å². The molecule has 110 valence electrons. The molecule has 0 saturated heterocycles. The van der Waals surface area contributed by atoms with Gasteiger partial charge in [0.25, 0.3) is 5.69 Å². The fraction of sp³-hybridized carbons (Fsp3) is 0. The van der Waals surface area contributed by atoms with E-state index < -0.39 is 4.92 Å². The van der Waals surface area contributed by atoms with Crippen LogP contribution < -0.4 is 0 Å². The zero-order valence-corrected chi connectivity index (χ0v) is 14.1. The van der Waals surface area contributed by atoms with E-state index in [1.807, 2.05) is 6.07 Å². The lowest BCUT2D eigenvalue weighted by molar-refractivity contribution is -0.384. The number of aromatic hydroxyl groups is 1. The number of rotatable bonds is 3. The first-order valence-corrected chi connectivity index (χ1v) is 7.55. The maximum atomic E-state index is 10.6. The summed E-state index contributed by atoms with van der Waals surface area (Å²) >= 11 is 6.54. The number of benzene rings is 2. The van der Waals surface area contributed by atoms with Gasteiger partial charge in [-0.25, -0.2) is 0 Å². The molecule has 22 heavy (non-hydrogen) atoms. The van der Waals surface area contributed by atoms with Crippen molar-refractivity contribution in [3.63, 3.8) is 0 Å². The average Bonchev–Trinajstić information content (AvgIpc) is 2.49. The van der Waals surface area contributed by atoms with Crippen molar-refractivity contribution in [3.8, 4) is 11.8 Å². The van der Waals surface area contributed by atoms with E-state index in [1.54, 1.807) is 12.1 Å². The molecule has 7 heteroatoms. The number of non-ortho nitro benzene ring substituents is 1. The Bertz CT molecular complexity index is 809. The van der Waals surface area contributed by atoms with Gasteiger partial charge in [0, 0.05) is 22.2 Å². The molecule has 0 aliphatic heterocycles. The number of allylic oxidation sites excluding steroid dienone is 1. The molecule has 5 nitrogen and oxygen atoms in total. The van der Waals surface area contributed by atoms with Crippen LogP contribution in [0.4, 0.5) is 5.69 Å². The molecular weight excluding hydrogens is 416 g/mol. The van der Waals surface area contributed by atoms with Gasteiger partial charge in [0.15, 0.2) is 0 Å². The number of phenols is 1. The molecule has 2 aromatic rings. The smallest absolute Gasteiger partial charge is 0.269 e. The minimum absolute atomic E-state index is 0.0119. The number of hydrogen-bond acceptors (Lipinski definition) is 4. The highest BCUT2D eigenvalue weighted by Crippen LogP contribution is 2.34. The van der Waals surface area contributed by atoms with Crippen LogP contribution in [-0.4, -0.2) is 10.0 Å². The summed E-state index contributed by atoms with van der Waals surface area (Å²) in [5.74, 6) is 0.0119. The lowest BCUT2D eigenvalue weighted by Gasteiger charge is -2.05. The number of nitriles is 1. The molecule has 1 N–H and O–H groups in total. The zero-order valence-electron chi connectivity index (χ0n) is 11.0. The van der Waals surface area contributed by atoms with Gasteiger partial charge in [0.05, 0.1) is 21.0 Å². The Morgan fingerprint density at radius 2 is 1.91 bits per heavy atom. The first kappa shape index (κ1) is 16.2. The van der Waals surface area contributed by atoms with Crippen molar-refractivity contribution in [1.29, 1.82) is 5.26 Å². The lowest BCUT2D eigenvalue weighted by atomic mass is 10.0. The molecule has 0 fully saturated rings. The molecule has 0 aliphatic rings. The Balaban J connectivity index is 2.48. The first-order valence-electron chi connectivity index (χ1n) is 5.97. The van der Waals surface area contributed by atoms with Gasteiger partial charge in [0.2, 0.25) is 0 Å². The van der Waals surface area contributed by atoms with Crippen LogP contribution in [0.5, 0.6) is 5.75 Å². The minimum Gasteiger partial charge on any atom is -0.506 e. The van der Waals surface area contributed by atoms with Gasteiger partial charge < -0.3 is 5.11 Å². The second-order valence-corrected chi connectivity index (χ2v) is 6.07. The Morgan fingerprint density at radius 3 is 2.45 bits per heavy atom. The number of nitro benzene ring substituents is 1. The molecule has 0 heterocycles. The standard InChI is InChI=1S/C15H8Br2N2O3/c16-12-6-10(15(20)14(17)7-12)5-11(8-18)9-1-3-13(4-2-9)19(21)22/h1-7,20H/b11-5-. The predicted molar refractivity (Wildman–Crippen MR) is 90.1 cm³/mol. The number of nitro groups is 1. The highest BCUT2D eigenvalue weighted by molar-refractivity contribution is 9.11. The van der Waals surface area contributed by atoms with E-state index in [4.69, 9.17) is 0 Å². The van der Waals surface area contributed by atoms with E-state index in [0.717, 1.165) is 4.47 Å². The van der Waals surface area contributed by atoms with Gasteiger partial charge in [0.1, 0.15) is 5.75 Å². The van der Waals surface area contributed by atoms with Crippen LogP contribution in [0.15, 0.2) is 45.3 Å². The largest absolute Gasteiger partial charge is 0.506 e. The Labute approximate surface area is 142 Å². The molecule has 0 unspecified atom stereocenters. The third-order valence-corrected chi connectivity index (χ3v) is 3.93. The highest BCUT2D eigenvalue weighted by atomic mass is 79.9. The van der Waals surface area contributed by atoms with E-state index >= 15 is 0 Å². The van der Waals surface area contributed by atoms with E-state index in [1.165, 1.54) is 30.3 Å². The number of phenolic OH excluding ortho intramolecular Hbond substituents is 1. The van der Waals surface area contributed by atoms with Gasteiger partial charge >= 0.3 is 0 Å². The monoisotopic (exact) mass is 422 g/mol. The molecule has 0 aromatic heterocycles. The van der Waals surface area contributed by atoms with Gasteiger partial charge in [-0.1, -0.05) is 15.9 Å². The highest BCUT2D eigenvalue weighted by Gasteiger charge is 2.10. The summed E-state index contributed by atoms with van der Waals surface area (Å²) in [7, 11) is 0. The van der Waals surface area contributed by atoms with E-state index in [9.17, 15) is 20.5 Å². The summed E-state index contributed by atoms with van der Waals surface area (Å²) in [6, 6.07) is 11.0. The maximum absolute atomic E-state index is 10.6. The molecule has 0 spiro atoms. The predicted octanol–water partition coefficient (Wildman–Crippen LogP) is 4.89. The van der Waals surface area contributed by atoms with Crippen LogP contribution in [0.2, 0.25) is 0 Å². The van der Waals surface area contributed by atoms with Gasteiger partial charge in [-0.3, -0.25) is 10.1 Å². The average molecular weight is 424 g/mol. The molecule has 2 aromatic carbocycles. The zero-order chi connectivity index (χ0) is 16.3.